The lowest BCUT2D eigenvalue weighted by Crippen LogP contribution is -2.20. The van der Waals surface area contributed by atoms with Crippen LogP contribution in [0.1, 0.15) is 25.7 Å². The van der Waals surface area contributed by atoms with Crippen LogP contribution in [0.15, 0.2) is 11.8 Å². The molecule has 0 radical (unpaired) electrons. The number of aliphatic hydroxyl groups is 1. The van der Waals surface area contributed by atoms with Gasteiger partial charge in [-0.2, -0.15) is 0 Å². The molecular weight excluding hydrogens is 164 g/mol. The Balaban J connectivity index is 1.64. The van der Waals surface area contributed by atoms with Gasteiger partial charge in [-0.15, -0.1) is 0 Å². The molecule has 0 saturated heterocycles. The molecule has 0 aromatic carbocycles. The average molecular weight is 180 g/mol. The van der Waals surface area contributed by atoms with E-state index in [1.807, 2.05) is 0 Å². The highest BCUT2D eigenvalue weighted by molar-refractivity contribution is 5.13. The van der Waals surface area contributed by atoms with E-state index >= 15 is 0 Å². The fourth-order valence-corrected chi connectivity index (χ4v) is 2.94. The van der Waals surface area contributed by atoms with Gasteiger partial charge in [0.1, 0.15) is 0 Å². The van der Waals surface area contributed by atoms with Crippen molar-refractivity contribution in [1.82, 2.24) is 0 Å². The van der Waals surface area contributed by atoms with Crippen molar-refractivity contribution in [1.29, 1.82) is 0 Å². The van der Waals surface area contributed by atoms with Gasteiger partial charge in [0, 0.05) is 6.42 Å². The number of aliphatic hydroxyl groups excluding tert-OH is 1. The van der Waals surface area contributed by atoms with E-state index in [-0.39, 0.29) is 6.10 Å². The van der Waals surface area contributed by atoms with Crippen LogP contribution in [0.3, 0.4) is 0 Å². The first-order valence-electron chi connectivity index (χ1n) is 5.33. The Labute approximate surface area is 78.6 Å². The van der Waals surface area contributed by atoms with E-state index in [1.165, 1.54) is 19.3 Å². The van der Waals surface area contributed by atoms with Crippen LogP contribution >= 0.6 is 0 Å². The van der Waals surface area contributed by atoms with Crippen LogP contribution in [0.4, 0.5) is 0 Å². The zero-order valence-electron chi connectivity index (χ0n) is 7.78. The molecule has 0 amide bonds. The molecule has 2 nitrogen and oxygen atoms in total. The second kappa shape index (κ2) is 2.74. The summed E-state index contributed by atoms with van der Waals surface area (Å²) in [4.78, 5) is 0. The maximum atomic E-state index is 10.0. The molecule has 3 rings (SSSR count). The van der Waals surface area contributed by atoms with Gasteiger partial charge in [0.05, 0.1) is 19.0 Å². The Hall–Kier alpha value is -0.500. The molecule has 1 heterocycles. The molecule has 3 aliphatic rings. The summed E-state index contributed by atoms with van der Waals surface area (Å²) in [7, 11) is 0. The number of ether oxygens (including phenoxy) is 1. The molecule has 2 saturated carbocycles. The fourth-order valence-electron chi connectivity index (χ4n) is 2.94. The lowest BCUT2D eigenvalue weighted by molar-refractivity contribution is 0.135. The van der Waals surface area contributed by atoms with Crippen molar-refractivity contribution in [3.05, 3.63) is 11.8 Å². The number of fused-ring (bicyclic) bond motifs is 1. The first kappa shape index (κ1) is 7.86. The van der Waals surface area contributed by atoms with E-state index in [1.54, 1.807) is 6.26 Å². The molecule has 0 aromatic heterocycles. The third kappa shape index (κ3) is 1.28. The molecular formula is C11H16O2. The SMILES string of the molecule is OC(C1=COCC1)C1CC2CC2C1. The summed E-state index contributed by atoms with van der Waals surface area (Å²) in [5, 5.41) is 10.0. The van der Waals surface area contributed by atoms with E-state index in [0.717, 1.165) is 30.4 Å². The highest BCUT2D eigenvalue weighted by Gasteiger charge is 2.48. The van der Waals surface area contributed by atoms with Gasteiger partial charge < -0.3 is 9.84 Å². The van der Waals surface area contributed by atoms with E-state index in [0.29, 0.717) is 5.92 Å². The van der Waals surface area contributed by atoms with Gasteiger partial charge in [-0.05, 0) is 42.6 Å². The highest BCUT2D eigenvalue weighted by Crippen LogP contribution is 2.55. The summed E-state index contributed by atoms with van der Waals surface area (Å²) < 4.78 is 5.15. The smallest absolute Gasteiger partial charge is 0.0912 e. The van der Waals surface area contributed by atoms with Gasteiger partial charge in [0.2, 0.25) is 0 Å². The quantitative estimate of drug-likeness (QED) is 0.700. The minimum Gasteiger partial charge on any atom is -0.501 e. The van der Waals surface area contributed by atoms with Crippen LogP contribution in [0, 0.1) is 17.8 Å². The second-order valence-corrected chi connectivity index (χ2v) is 4.75. The zero-order valence-corrected chi connectivity index (χ0v) is 7.78. The minimum atomic E-state index is -0.199. The van der Waals surface area contributed by atoms with Gasteiger partial charge >= 0.3 is 0 Å². The minimum absolute atomic E-state index is 0.199. The summed E-state index contributed by atoms with van der Waals surface area (Å²) >= 11 is 0. The first-order valence-corrected chi connectivity index (χ1v) is 5.33. The maximum Gasteiger partial charge on any atom is 0.0912 e. The topological polar surface area (TPSA) is 29.5 Å². The Morgan fingerprint density at radius 1 is 1.31 bits per heavy atom. The van der Waals surface area contributed by atoms with Gasteiger partial charge in [-0.3, -0.25) is 0 Å². The molecule has 1 N–H and O–H groups in total. The predicted molar refractivity (Wildman–Crippen MR) is 49.0 cm³/mol. The first-order chi connectivity index (χ1) is 6.34. The fraction of sp³-hybridized carbons (Fsp3) is 0.818. The van der Waals surface area contributed by atoms with Crippen molar-refractivity contribution >= 4 is 0 Å². The van der Waals surface area contributed by atoms with Crippen LogP contribution in [0.25, 0.3) is 0 Å². The lowest BCUT2D eigenvalue weighted by Gasteiger charge is -2.19. The van der Waals surface area contributed by atoms with Crippen molar-refractivity contribution in [2.45, 2.75) is 31.8 Å². The second-order valence-electron chi connectivity index (χ2n) is 4.75. The summed E-state index contributed by atoms with van der Waals surface area (Å²) in [5.74, 6) is 2.46. The molecule has 2 fully saturated rings. The van der Waals surface area contributed by atoms with Crippen LogP contribution in [-0.2, 0) is 4.74 Å². The van der Waals surface area contributed by atoms with Crippen molar-refractivity contribution in [3.8, 4) is 0 Å². The third-order valence-corrected chi connectivity index (χ3v) is 3.85. The van der Waals surface area contributed by atoms with Gasteiger partial charge in [-0.1, -0.05) is 0 Å². The average Bonchev–Trinajstić information content (AvgIpc) is 2.63. The zero-order chi connectivity index (χ0) is 8.84. The van der Waals surface area contributed by atoms with Crippen molar-refractivity contribution in [2.24, 2.45) is 17.8 Å². The van der Waals surface area contributed by atoms with E-state index < -0.39 is 0 Å². The standard InChI is InChI=1S/C11H16O2/c12-11(7-1-2-13-6-7)10-4-8-3-9(8)5-10/h6,8-12H,1-5H2. The van der Waals surface area contributed by atoms with Crippen LogP contribution in [-0.4, -0.2) is 17.8 Å². The molecule has 13 heavy (non-hydrogen) atoms. The highest BCUT2D eigenvalue weighted by atomic mass is 16.5. The van der Waals surface area contributed by atoms with E-state index in [4.69, 9.17) is 4.74 Å². The summed E-state index contributed by atoms with van der Waals surface area (Å²) in [6, 6.07) is 0. The van der Waals surface area contributed by atoms with Crippen LogP contribution < -0.4 is 0 Å². The molecule has 0 spiro atoms. The maximum absolute atomic E-state index is 10.0. The Morgan fingerprint density at radius 3 is 2.69 bits per heavy atom. The molecule has 0 aromatic rings. The predicted octanol–water partition coefficient (Wildman–Crippen LogP) is 1.70. The molecule has 2 heteroatoms. The van der Waals surface area contributed by atoms with Crippen LogP contribution in [0.2, 0.25) is 0 Å². The monoisotopic (exact) mass is 180 g/mol. The van der Waals surface area contributed by atoms with Gasteiger partial charge in [0.25, 0.3) is 0 Å². The number of hydrogen-bond donors (Lipinski definition) is 1. The van der Waals surface area contributed by atoms with E-state index in [2.05, 4.69) is 0 Å². The van der Waals surface area contributed by atoms with Crippen molar-refractivity contribution in [3.63, 3.8) is 0 Å². The Kier molecular flexibility index (Phi) is 1.66. The summed E-state index contributed by atoms with van der Waals surface area (Å²) in [6.07, 6.45) is 6.45. The third-order valence-electron chi connectivity index (χ3n) is 3.85. The summed E-state index contributed by atoms with van der Waals surface area (Å²) in [5.41, 5.74) is 1.13. The number of hydrogen-bond acceptors (Lipinski definition) is 2. The normalized spacial score (nSPS) is 43.8. The molecule has 1 aliphatic heterocycles. The molecule has 72 valence electrons. The lowest BCUT2D eigenvalue weighted by atomic mass is 9.91. The van der Waals surface area contributed by atoms with Crippen molar-refractivity contribution in [2.75, 3.05) is 6.61 Å². The molecule has 3 unspecified atom stereocenters. The molecule has 2 aliphatic carbocycles. The molecule has 0 bridgehead atoms. The Bertz CT molecular complexity index is 236. The largest absolute Gasteiger partial charge is 0.501 e. The molecule has 3 atom stereocenters. The van der Waals surface area contributed by atoms with Crippen LogP contribution in [0.5, 0.6) is 0 Å². The summed E-state index contributed by atoms with van der Waals surface area (Å²) in [6.45, 7) is 0.770. The van der Waals surface area contributed by atoms with Gasteiger partial charge in [-0.25, -0.2) is 0 Å². The van der Waals surface area contributed by atoms with Gasteiger partial charge in [0.15, 0.2) is 0 Å². The number of rotatable bonds is 2. The Morgan fingerprint density at radius 2 is 2.08 bits per heavy atom. The van der Waals surface area contributed by atoms with Crippen molar-refractivity contribution < 1.29 is 9.84 Å². The van der Waals surface area contributed by atoms with E-state index in [9.17, 15) is 5.11 Å².